The van der Waals surface area contributed by atoms with Crippen molar-refractivity contribution >= 4 is 23.5 Å². The molecule has 0 aromatic rings. The van der Waals surface area contributed by atoms with Crippen LogP contribution in [0.1, 0.15) is 19.8 Å². The molecule has 2 N–H and O–H groups in total. The highest BCUT2D eigenvalue weighted by Crippen LogP contribution is 2.31. The molecule has 0 aromatic heterocycles. The monoisotopic (exact) mass is 276 g/mol. The average molecular weight is 276 g/mol. The number of hydrogen-bond acceptors (Lipinski definition) is 6. The standard InChI is InChI=1S/C12H20O5S/c1-8(14)17-5-9-2-3-12(16)11(9)7-18-6-10(15)4-13/h9-11,13,15H,2-7H2,1H3/t9-,10?,11-/m1/s1. The molecule has 0 saturated heterocycles. The molecule has 5 nitrogen and oxygen atoms in total. The predicted octanol–water partition coefficient (Wildman–Crippen LogP) is 0.231. The van der Waals surface area contributed by atoms with Gasteiger partial charge in [-0.1, -0.05) is 0 Å². The fraction of sp³-hybridized carbons (Fsp3) is 0.833. The molecule has 18 heavy (non-hydrogen) atoms. The van der Waals surface area contributed by atoms with Gasteiger partial charge in [-0.2, -0.15) is 11.8 Å². The van der Waals surface area contributed by atoms with Crippen LogP contribution in [0.3, 0.4) is 0 Å². The number of carbonyl (C=O) groups excluding carboxylic acids is 2. The van der Waals surface area contributed by atoms with E-state index in [-0.39, 0.29) is 30.2 Å². The molecule has 0 aromatic carbocycles. The number of ketones is 1. The van der Waals surface area contributed by atoms with Crippen molar-refractivity contribution in [3.63, 3.8) is 0 Å². The van der Waals surface area contributed by atoms with E-state index in [1.807, 2.05) is 0 Å². The van der Waals surface area contributed by atoms with Crippen LogP contribution in [-0.2, 0) is 14.3 Å². The number of ether oxygens (including phenoxy) is 1. The first kappa shape index (κ1) is 15.5. The third-order valence-electron chi connectivity index (χ3n) is 3.06. The lowest BCUT2D eigenvalue weighted by Crippen LogP contribution is -2.24. The topological polar surface area (TPSA) is 83.8 Å². The molecule has 1 fully saturated rings. The summed E-state index contributed by atoms with van der Waals surface area (Å²) in [6.07, 6.45) is 0.568. The maximum atomic E-state index is 11.7. The summed E-state index contributed by atoms with van der Waals surface area (Å²) in [5.74, 6) is 0.914. The number of esters is 1. The number of aliphatic hydroxyl groups is 2. The first-order valence-electron chi connectivity index (χ1n) is 6.07. The third kappa shape index (κ3) is 4.96. The summed E-state index contributed by atoms with van der Waals surface area (Å²) in [6, 6.07) is 0. The molecule has 1 rings (SSSR count). The quantitative estimate of drug-likeness (QED) is 0.648. The molecule has 0 bridgehead atoms. The Morgan fingerprint density at radius 3 is 2.94 bits per heavy atom. The summed E-state index contributed by atoms with van der Waals surface area (Å²) in [7, 11) is 0. The van der Waals surface area contributed by atoms with Gasteiger partial charge in [0.15, 0.2) is 0 Å². The second-order valence-electron chi connectivity index (χ2n) is 4.55. The van der Waals surface area contributed by atoms with Crippen molar-refractivity contribution in [2.75, 3.05) is 24.7 Å². The Labute approximate surface area is 111 Å². The third-order valence-corrected chi connectivity index (χ3v) is 4.28. The lowest BCUT2D eigenvalue weighted by molar-refractivity contribution is -0.143. The second kappa shape index (κ2) is 7.76. The Hall–Kier alpha value is -0.590. The maximum Gasteiger partial charge on any atom is 0.302 e. The van der Waals surface area contributed by atoms with E-state index in [4.69, 9.17) is 9.84 Å². The average Bonchev–Trinajstić information content (AvgIpc) is 2.68. The summed E-state index contributed by atoms with van der Waals surface area (Å²) < 4.78 is 4.96. The van der Waals surface area contributed by atoms with Crippen LogP contribution in [-0.4, -0.2) is 52.8 Å². The van der Waals surface area contributed by atoms with Crippen LogP contribution < -0.4 is 0 Å². The number of Topliss-reactive ketones (excluding diaryl/α,β-unsaturated/α-hetero) is 1. The van der Waals surface area contributed by atoms with Gasteiger partial charge in [-0.3, -0.25) is 9.59 Å². The zero-order valence-corrected chi connectivity index (χ0v) is 11.3. The zero-order chi connectivity index (χ0) is 13.5. The summed E-state index contributed by atoms with van der Waals surface area (Å²) in [5.41, 5.74) is 0. The van der Waals surface area contributed by atoms with E-state index >= 15 is 0 Å². The van der Waals surface area contributed by atoms with Crippen molar-refractivity contribution in [2.45, 2.75) is 25.9 Å². The molecule has 0 spiro atoms. The molecule has 3 atom stereocenters. The zero-order valence-electron chi connectivity index (χ0n) is 10.5. The van der Waals surface area contributed by atoms with Crippen molar-refractivity contribution in [3.8, 4) is 0 Å². The van der Waals surface area contributed by atoms with E-state index in [1.165, 1.54) is 18.7 Å². The van der Waals surface area contributed by atoms with E-state index in [9.17, 15) is 14.7 Å². The summed E-state index contributed by atoms with van der Waals surface area (Å²) in [6.45, 7) is 1.40. The molecule has 0 aliphatic heterocycles. The van der Waals surface area contributed by atoms with Gasteiger partial charge in [0.05, 0.1) is 19.3 Å². The number of rotatable bonds is 7. The van der Waals surface area contributed by atoms with Gasteiger partial charge in [0.25, 0.3) is 0 Å². The van der Waals surface area contributed by atoms with Crippen molar-refractivity contribution < 1.29 is 24.5 Å². The molecule has 0 amide bonds. The smallest absolute Gasteiger partial charge is 0.302 e. The molecule has 1 saturated carbocycles. The minimum Gasteiger partial charge on any atom is -0.466 e. The Morgan fingerprint density at radius 1 is 1.61 bits per heavy atom. The van der Waals surface area contributed by atoms with Crippen molar-refractivity contribution in [1.29, 1.82) is 0 Å². The van der Waals surface area contributed by atoms with Crippen LogP contribution in [0.25, 0.3) is 0 Å². The minimum absolute atomic E-state index is 0.0970. The Bertz CT molecular complexity index is 294. The van der Waals surface area contributed by atoms with Gasteiger partial charge in [-0.05, 0) is 6.42 Å². The summed E-state index contributed by atoms with van der Waals surface area (Å²) >= 11 is 1.45. The van der Waals surface area contributed by atoms with Crippen LogP contribution in [0.15, 0.2) is 0 Å². The van der Waals surface area contributed by atoms with Gasteiger partial charge in [0, 0.05) is 36.7 Å². The van der Waals surface area contributed by atoms with Crippen LogP contribution in [0.5, 0.6) is 0 Å². The molecule has 1 unspecified atom stereocenters. The second-order valence-corrected chi connectivity index (χ2v) is 5.62. The van der Waals surface area contributed by atoms with Crippen molar-refractivity contribution in [2.24, 2.45) is 11.8 Å². The lowest BCUT2D eigenvalue weighted by Gasteiger charge is -2.18. The van der Waals surface area contributed by atoms with E-state index in [1.54, 1.807) is 0 Å². The minimum atomic E-state index is -0.738. The molecule has 6 heteroatoms. The van der Waals surface area contributed by atoms with Crippen LogP contribution >= 0.6 is 11.8 Å². The molecular weight excluding hydrogens is 256 g/mol. The highest BCUT2D eigenvalue weighted by molar-refractivity contribution is 7.99. The Kier molecular flexibility index (Phi) is 6.67. The number of hydrogen-bond donors (Lipinski definition) is 2. The SMILES string of the molecule is CC(=O)OC[C@H]1CCC(=O)[C@@H]1CSCC(O)CO. The van der Waals surface area contributed by atoms with Crippen LogP contribution in [0, 0.1) is 11.8 Å². The molecule has 1 aliphatic rings. The summed E-state index contributed by atoms with van der Waals surface area (Å²) in [5, 5.41) is 17.9. The fourth-order valence-corrected chi connectivity index (χ4v) is 3.24. The van der Waals surface area contributed by atoms with Gasteiger partial charge in [0.2, 0.25) is 0 Å². The van der Waals surface area contributed by atoms with E-state index < -0.39 is 6.10 Å². The maximum absolute atomic E-state index is 11.7. The normalized spacial score (nSPS) is 25.2. The fourth-order valence-electron chi connectivity index (χ4n) is 2.01. The van der Waals surface area contributed by atoms with Crippen molar-refractivity contribution in [1.82, 2.24) is 0 Å². The summed E-state index contributed by atoms with van der Waals surface area (Å²) in [4.78, 5) is 22.5. The first-order chi connectivity index (χ1) is 8.54. The molecule has 0 radical (unpaired) electrons. The molecule has 104 valence electrons. The van der Waals surface area contributed by atoms with Gasteiger partial charge >= 0.3 is 5.97 Å². The first-order valence-corrected chi connectivity index (χ1v) is 7.22. The lowest BCUT2D eigenvalue weighted by atomic mass is 9.98. The number of carbonyl (C=O) groups is 2. The van der Waals surface area contributed by atoms with Gasteiger partial charge < -0.3 is 14.9 Å². The molecular formula is C12H20O5S. The van der Waals surface area contributed by atoms with Crippen molar-refractivity contribution in [3.05, 3.63) is 0 Å². The predicted molar refractivity (Wildman–Crippen MR) is 68.3 cm³/mol. The number of thioether (sulfide) groups is 1. The van der Waals surface area contributed by atoms with E-state index in [2.05, 4.69) is 0 Å². The van der Waals surface area contributed by atoms with Gasteiger partial charge in [-0.15, -0.1) is 0 Å². The largest absolute Gasteiger partial charge is 0.466 e. The van der Waals surface area contributed by atoms with Gasteiger partial charge in [0.1, 0.15) is 5.78 Å². The Balaban J connectivity index is 2.34. The highest BCUT2D eigenvalue weighted by atomic mass is 32.2. The molecule has 0 heterocycles. The highest BCUT2D eigenvalue weighted by Gasteiger charge is 2.35. The van der Waals surface area contributed by atoms with E-state index in [0.29, 0.717) is 24.5 Å². The number of aliphatic hydroxyl groups excluding tert-OH is 2. The van der Waals surface area contributed by atoms with Gasteiger partial charge in [-0.25, -0.2) is 0 Å². The van der Waals surface area contributed by atoms with E-state index in [0.717, 1.165) is 6.42 Å². The van der Waals surface area contributed by atoms with Crippen LogP contribution in [0.4, 0.5) is 0 Å². The Morgan fingerprint density at radius 2 is 2.33 bits per heavy atom. The van der Waals surface area contributed by atoms with Crippen LogP contribution in [0.2, 0.25) is 0 Å². The molecule has 1 aliphatic carbocycles.